The van der Waals surface area contributed by atoms with Gasteiger partial charge in [0.15, 0.2) is 23.1 Å². The Morgan fingerprint density at radius 1 is 1.12 bits per heavy atom. The molecular weight excluding hydrogens is 425 g/mol. The number of aromatic hydroxyl groups is 1. The van der Waals surface area contributed by atoms with Gasteiger partial charge in [0.1, 0.15) is 14.7 Å². The first-order valence-corrected chi connectivity index (χ1v) is 11.0. The van der Waals surface area contributed by atoms with Gasteiger partial charge in [-0.15, -0.1) is 10.2 Å². The zero-order chi connectivity index (χ0) is 24.3. The number of fused-ring (bicyclic) bond motifs is 3. The Bertz CT molecular complexity index is 1280. The van der Waals surface area contributed by atoms with Crippen LogP contribution in [0.3, 0.4) is 0 Å². The maximum Gasteiger partial charge on any atom is 0.231 e. The number of benzene rings is 2. The highest BCUT2D eigenvalue weighted by Crippen LogP contribution is 2.38. The molecule has 8 nitrogen and oxygen atoms in total. The van der Waals surface area contributed by atoms with Crippen LogP contribution in [0, 0.1) is 0 Å². The molecule has 2 aromatic carbocycles. The van der Waals surface area contributed by atoms with E-state index < -0.39 is 12.9 Å². The van der Waals surface area contributed by atoms with E-state index in [4.69, 9.17) is 12.2 Å². The van der Waals surface area contributed by atoms with Crippen LogP contribution in [0.15, 0.2) is 42.6 Å². The van der Waals surface area contributed by atoms with Crippen molar-refractivity contribution < 1.29 is 21.7 Å². The molecule has 3 aromatic rings. The standard InChI is InChI=1S/C24H24FN5O3/c1-30(18-10-15-4-6-17(27-15)23(18)25)22-11-26-24(29-28-22)16-5-2-13(8-19(16)31)14-3-7-20-21(9-14)33-12-32-20/h2-3,5,7-9,11,15,17-18,23,27,31H,4,6,10,12H2,1H3/t15-,17-,18+,23-/m1/s1/i12D2. The molecule has 4 atom stereocenters. The molecule has 2 bridgehead atoms. The molecule has 3 aliphatic rings. The molecule has 1 aromatic heterocycles. The van der Waals surface area contributed by atoms with Gasteiger partial charge in [0, 0.05) is 19.1 Å². The molecule has 3 aliphatic heterocycles. The zero-order valence-electron chi connectivity index (χ0n) is 19.9. The van der Waals surface area contributed by atoms with Gasteiger partial charge < -0.3 is 24.8 Å². The number of piperidine rings is 1. The SMILES string of the molecule is [2H]C1([2H])Oc2ccc(-c3ccc(-c4ncc(N(C)[C@H]5C[C@H]6CC[C@@H](N6)[C@H]5F)nn4)c(O)c3)cc2O1. The fraction of sp³-hybridized carbons (Fsp3) is 0.375. The van der Waals surface area contributed by atoms with E-state index in [-0.39, 0.29) is 23.7 Å². The highest BCUT2D eigenvalue weighted by atomic mass is 19.1. The molecule has 0 spiro atoms. The summed E-state index contributed by atoms with van der Waals surface area (Å²) >= 11 is 0. The summed E-state index contributed by atoms with van der Waals surface area (Å²) in [5.74, 6) is 1.32. The van der Waals surface area contributed by atoms with E-state index in [0.29, 0.717) is 40.9 Å². The first-order chi connectivity index (χ1) is 16.8. The van der Waals surface area contributed by atoms with Crippen LogP contribution in [0.1, 0.15) is 22.0 Å². The molecule has 0 aliphatic carbocycles. The minimum absolute atomic E-state index is 0.0304. The predicted octanol–water partition coefficient (Wildman–Crippen LogP) is 3.31. The Labute approximate surface area is 193 Å². The lowest BCUT2D eigenvalue weighted by molar-refractivity contribution is 0.174. The molecule has 2 N–H and O–H groups in total. The molecular formula is C24H24FN5O3. The zero-order valence-corrected chi connectivity index (χ0v) is 17.9. The lowest BCUT2D eigenvalue weighted by Crippen LogP contribution is -2.55. The molecule has 2 fully saturated rings. The fourth-order valence-corrected chi connectivity index (χ4v) is 4.94. The number of hydrogen-bond donors (Lipinski definition) is 2. The topological polar surface area (TPSA) is 92.6 Å². The number of hydrogen-bond acceptors (Lipinski definition) is 8. The van der Waals surface area contributed by atoms with Crippen molar-refractivity contribution in [2.24, 2.45) is 0 Å². The van der Waals surface area contributed by atoms with Gasteiger partial charge in [-0.1, -0.05) is 12.1 Å². The minimum Gasteiger partial charge on any atom is -0.507 e. The van der Waals surface area contributed by atoms with E-state index >= 15 is 0 Å². The number of phenolic OH excluding ortho intramolecular Hbond substituents is 1. The van der Waals surface area contributed by atoms with E-state index in [9.17, 15) is 9.50 Å². The third kappa shape index (κ3) is 3.52. The van der Waals surface area contributed by atoms with Gasteiger partial charge in [-0.3, -0.25) is 0 Å². The third-order valence-electron chi connectivity index (χ3n) is 6.78. The van der Waals surface area contributed by atoms with Gasteiger partial charge in [-0.2, -0.15) is 0 Å². The van der Waals surface area contributed by atoms with Gasteiger partial charge in [0.2, 0.25) is 6.75 Å². The van der Waals surface area contributed by atoms with Crippen molar-refractivity contribution >= 4 is 5.82 Å². The summed E-state index contributed by atoms with van der Waals surface area (Å²) in [6, 6.07) is 10.0. The maximum atomic E-state index is 14.9. The van der Waals surface area contributed by atoms with Crippen molar-refractivity contribution in [3.63, 3.8) is 0 Å². The lowest BCUT2D eigenvalue weighted by Gasteiger charge is -2.38. The average molecular weight is 451 g/mol. The molecule has 4 heterocycles. The minimum atomic E-state index is -2.20. The van der Waals surface area contributed by atoms with Crippen LogP contribution in [-0.2, 0) is 0 Å². The van der Waals surface area contributed by atoms with Crippen molar-refractivity contribution in [3.05, 3.63) is 42.6 Å². The third-order valence-corrected chi connectivity index (χ3v) is 6.78. The number of ether oxygens (including phenoxy) is 2. The van der Waals surface area contributed by atoms with Gasteiger partial charge in [-0.05, 0) is 54.7 Å². The van der Waals surface area contributed by atoms with Crippen molar-refractivity contribution in [2.75, 3.05) is 18.7 Å². The largest absolute Gasteiger partial charge is 0.507 e. The van der Waals surface area contributed by atoms with Crippen molar-refractivity contribution in [1.82, 2.24) is 20.5 Å². The first kappa shape index (κ1) is 18.0. The molecule has 0 radical (unpaired) electrons. The molecule has 33 heavy (non-hydrogen) atoms. The van der Waals surface area contributed by atoms with E-state index in [0.717, 1.165) is 18.4 Å². The molecule has 0 unspecified atom stereocenters. The number of nitrogens with zero attached hydrogens (tertiary/aromatic N) is 4. The van der Waals surface area contributed by atoms with Crippen LogP contribution < -0.4 is 19.7 Å². The first-order valence-electron chi connectivity index (χ1n) is 12.0. The van der Waals surface area contributed by atoms with E-state index in [1.807, 2.05) is 11.9 Å². The average Bonchev–Trinajstić information content (AvgIpc) is 3.39. The number of halogens is 1. The van der Waals surface area contributed by atoms with Crippen molar-refractivity contribution in [2.45, 2.75) is 43.6 Å². The van der Waals surface area contributed by atoms with Crippen LogP contribution >= 0.6 is 0 Å². The second-order valence-corrected chi connectivity index (χ2v) is 8.73. The number of alkyl halides is 1. The number of aromatic nitrogens is 3. The number of phenols is 1. The van der Waals surface area contributed by atoms with Crippen LogP contribution in [0.25, 0.3) is 22.5 Å². The Morgan fingerprint density at radius 3 is 2.76 bits per heavy atom. The summed E-state index contributed by atoms with van der Waals surface area (Å²) in [5, 5.41) is 22.5. The summed E-state index contributed by atoms with van der Waals surface area (Å²) in [4.78, 5) is 6.19. The Balaban J connectivity index is 1.21. The lowest BCUT2D eigenvalue weighted by atomic mass is 9.96. The molecule has 6 rings (SSSR count). The van der Waals surface area contributed by atoms with Gasteiger partial charge in [0.05, 0.1) is 17.8 Å². The van der Waals surface area contributed by atoms with E-state index in [2.05, 4.69) is 20.5 Å². The molecule has 0 amide bonds. The monoisotopic (exact) mass is 451 g/mol. The highest BCUT2D eigenvalue weighted by molar-refractivity contribution is 5.74. The molecule has 2 saturated heterocycles. The van der Waals surface area contributed by atoms with Crippen LogP contribution in [0.4, 0.5) is 10.2 Å². The summed E-state index contributed by atoms with van der Waals surface area (Å²) in [6.45, 7) is -2.20. The number of nitrogens with one attached hydrogen (secondary N) is 1. The van der Waals surface area contributed by atoms with E-state index in [1.54, 1.807) is 42.6 Å². The summed E-state index contributed by atoms with van der Waals surface area (Å²) in [7, 11) is 1.82. The highest BCUT2D eigenvalue weighted by Gasteiger charge is 2.43. The second kappa shape index (κ2) is 7.84. The summed E-state index contributed by atoms with van der Waals surface area (Å²) in [5.41, 5.74) is 1.83. The summed E-state index contributed by atoms with van der Waals surface area (Å²) in [6.07, 6.45) is 3.14. The number of rotatable bonds is 4. The van der Waals surface area contributed by atoms with Crippen LogP contribution in [-0.4, -0.2) is 58.4 Å². The normalized spacial score (nSPS) is 27.7. The molecule has 170 valence electrons. The smallest absolute Gasteiger partial charge is 0.231 e. The van der Waals surface area contributed by atoms with E-state index in [1.165, 1.54) is 0 Å². The van der Waals surface area contributed by atoms with Crippen LogP contribution in [0.2, 0.25) is 0 Å². The van der Waals surface area contributed by atoms with Crippen molar-refractivity contribution in [1.29, 1.82) is 0 Å². The summed E-state index contributed by atoms with van der Waals surface area (Å²) < 4.78 is 40.3. The molecule has 0 saturated carbocycles. The van der Waals surface area contributed by atoms with Crippen LogP contribution in [0.5, 0.6) is 17.2 Å². The van der Waals surface area contributed by atoms with Crippen molar-refractivity contribution in [3.8, 4) is 39.8 Å². The fourth-order valence-electron chi connectivity index (χ4n) is 4.94. The Hall–Kier alpha value is -3.46. The second-order valence-electron chi connectivity index (χ2n) is 8.73. The Kier molecular flexibility index (Phi) is 4.28. The van der Waals surface area contributed by atoms with Gasteiger partial charge >= 0.3 is 0 Å². The van der Waals surface area contributed by atoms with Gasteiger partial charge in [-0.25, -0.2) is 9.37 Å². The number of anilines is 1. The van der Waals surface area contributed by atoms with Gasteiger partial charge in [0.25, 0.3) is 0 Å². The maximum absolute atomic E-state index is 14.9. The quantitative estimate of drug-likeness (QED) is 0.624. The molecule has 9 heteroatoms. The Morgan fingerprint density at radius 2 is 1.94 bits per heavy atom. The predicted molar refractivity (Wildman–Crippen MR) is 120 cm³/mol.